The average Bonchev–Trinajstić information content (AvgIpc) is 2.61. The maximum absolute atomic E-state index is 11.1. The Morgan fingerprint density at radius 2 is 1.67 bits per heavy atom. The first-order valence-corrected chi connectivity index (χ1v) is 8.81. The summed E-state index contributed by atoms with van der Waals surface area (Å²) in [5.41, 5.74) is 3.43. The lowest BCUT2D eigenvalue weighted by molar-refractivity contribution is 0.0697. The van der Waals surface area contributed by atoms with Gasteiger partial charge in [-0.3, -0.25) is 4.90 Å². The number of carboxylic acids is 1. The molecule has 2 aromatic carbocycles. The van der Waals surface area contributed by atoms with Gasteiger partial charge in [-0.2, -0.15) is 0 Å². The van der Waals surface area contributed by atoms with Gasteiger partial charge in [-0.05, 0) is 61.7 Å². The summed E-state index contributed by atoms with van der Waals surface area (Å²) in [6.45, 7) is 4.61. The second-order valence-corrected chi connectivity index (χ2v) is 6.80. The van der Waals surface area contributed by atoms with Gasteiger partial charge in [0, 0.05) is 6.04 Å². The summed E-state index contributed by atoms with van der Waals surface area (Å²) in [6.07, 6.45) is 3.92. The molecule has 1 aliphatic rings. The van der Waals surface area contributed by atoms with E-state index in [9.17, 15) is 4.79 Å². The van der Waals surface area contributed by atoms with Crippen LogP contribution in [0.5, 0.6) is 0 Å². The van der Waals surface area contributed by atoms with Crippen molar-refractivity contribution in [2.24, 2.45) is 0 Å². The summed E-state index contributed by atoms with van der Waals surface area (Å²) in [5, 5.41) is 9.33. The second kappa shape index (κ2) is 7.37. The number of halogens is 1. The van der Waals surface area contributed by atoms with Gasteiger partial charge in [0.05, 0.1) is 10.6 Å². The first-order valence-electron chi connectivity index (χ1n) is 8.43. The van der Waals surface area contributed by atoms with Crippen molar-refractivity contribution >= 4 is 17.6 Å². The third-order valence-electron chi connectivity index (χ3n) is 4.86. The Morgan fingerprint density at radius 3 is 2.25 bits per heavy atom. The Hall–Kier alpha value is -1.84. The molecule has 1 N–H and O–H groups in total. The van der Waals surface area contributed by atoms with E-state index in [2.05, 4.69) is 36.1 Å². The number of carbonyl (C=O) groups is 1. The summed E-state index contributed by atoms with van der Waals surface area (Å²) >= 11 is 6.07. The normalized spacial score (nSPS) is 16.8. The highest BCUT2D eigenvalue weighted by Crippen LogP contribution is 2.29. The molecule has 2 aromatic rings. The molecule has 4 heteroatoms. The van der Waals surface area contributed by atoms with E-state index < -0.39 is 5.97 Å². The summed E-state index contributed by atoms with van der Waals surface area (Å²) in [7, 11) is 0. The number of hydrogen-bond acceptors (Lipinski definition) is 2. The molecule has 0 aromatic heterocycles. The lowest BCUT2D eigenvalue weighted by Gasteiger charge is -2.32. The van der Waals surface area contributed by atoms with Crippen LogP contribution in [0.25, 0.3) is 11.1 Å². The molecule has 0 amide bonds. The molecule has 1 aliphatic heterocycles. The van der Waals surface area contributed by atoms with E-state index in [4.69, 9.17) is 16.7 Å². The molecular weight excluding hydrogens is 322 g/mol. The molecule has 0 aliphatic carbocycles. The zero-order valence-electron chi connectivity index (χ0n) is 13.8. The molecule has 1 saturated heterocycles. The maximum Gasteiger partial charge on any atom is 0.337 e. The van der Waals surface area contributed by atoms with Gasteiger partial charge in [-0.15, -0.1) is 0 Å². The Bertz CT molecular complexity index is 721. The van der Waals surface area contributed by atoms with Crippen molar-refractivity contribution in [3.05, 3.63) is 58.6 Å². The monoisotopic (exact) mass is 343 g/mol. The molecule has 1 atom stereocenters. The molecule has 24 heavy (non-hydrogen) atoms. The Morgan fingerprint density at radius 1 is 1.04 bits per heavy atom. The van der Waals surface area contributed by atoms with Crippen LogP contribution in [0, 0.1) is 0 Å². The molecule has 1 heterocycles. The minimum atomic E-state index is -1.00. The molecule has 0 bridgehead atoms. The van der Waals surface area contributed by atoms with Gasteiger partial charge in [0.25, 0.3) is 0 Å². The molecular formula is C20H22ClNO2. The predicted molar refractivity (Wildman–Crippen MR) is 97.7 cm³/mol. The summed E-state index contributed by atoms with van der Waals surface area (Å²) in [4.78, 5) is 13.6. The lowest BCUT2D eigenvalue weighted by atomic mass is 9.98. The van der Waals surface area contributed by atoms with Gasteiger partial charge in [0.2, 0.25) is 0 Å². The van der Waals surface area contributed by atoms with Crippen LogP contribution in [0.2, 0.25) is 5.02 Å². The van der Waals surface area contributed by atoms with Gasteiger partial charge >= 0.3 is 5.97 Å². The van der Waals surface area contributed by atoms with E-state index in [0.29, 0.717) is 6.04 Å². The number of piperidine rings is 1. The van der Waals surface area contributed by atoms with E-state index in [-0.39, 0.29) is 10.6 Å². The van der Waals surface area contributed by atoms with Crippen molar-refractivity contribution in [3.8, 4) is 11.1 Å². The number of aromatic carboxylic acids is 1. The number of rotatable bonds is 4. The quantitative estimate of drug-likeness (QED) is 0.824. The topological polar surface area (TPSA) is 40.5 Å². The van der Waals surface area contributed by atoms with E-state index in [1.165, 1.54) is 37.9 Å². The fourth-order valence-electron chi connectivity index (χ4n) is 3.34. The predicted octanol–water partition coefficient (Wildman–Crippen LogP) is 5.25. The Labute approximate surface area is 147 Å². The summed E-state index contributed by atoms with van der Waals surface area (Å²) in [6, 6.07) is 14.0. The molecule has 1 fully saturated rings. The third-order valence-corrected chi connectivity index (χ3v) is 5.18. The first-order chi connectivity index (χ1) is 11.6. The average molecular weight is 344 g/mol. The van der Waals surface area contributed by atoms with Gasteiger partial charge in [-0.25, -0.2) is 4.79 Å². The van der Waals surface area contributed by atoms with E-state index in [1.54, 1.807) is 18.2 Å². The number of nitrogens with zero attached hydrogens (tertiary/aromatic N) is 1. The highest BCUT2D eigenvalue weighted by Gasteiger charge is 2.18. The van der Waals surface area contributed by atoms with Gasteiger partial charge in [0.1, 0.15) is 0 Å². The Kier molecular flexibility index (Phi) is 5.22. The third kappa shape index (κ3) is 3.63. The van der Waals surface area contributed by atoms with Gasteiger partial charge < -0.3 is 5.11 Å². The minimum absolute atomic E-state index is 0.135. The fraction of sp³-hybridized carbons (Fsp3) is 0.350. The van der Waals surface area contributed by atoms with Crippen LogP contribution in [-0.2, 0) is 0 Å². The van der Waals surface area contributed by atoms with Crippen molar-refractivity contribution in [3.63, 3.8) is 0 Å². The molecule has 0 radical (unpaired) electrons. The van der Waals surface area contributed by atoms with Crippen LogP contribution >= 0.6 is 11.6 Å². The highest BCUT2D eigenvalue weighted by molar-refractivity contribution is 6.33. The second-order valence-electron chi connectivity index (χ2n) is 6.39. The van der Waals surface area contributed by atoms with Crippen molar-refractivity contribution in [2.45, 2.75) is 32.2 Å². The number of likely N-dealkylation sites (tertiary alicyclic amines) is 1. The van der Waals surface area contributed by atoms with Crippen LogP contribution in [0.1, 0.15) is 48.1 Å². The van der Waals surface area contributed by atoms with Crippen LogP contribution in [0.15, 0.2) is 42.5 Å². The van der Waals surface area contributed by atoms with Gasteiger partial charge in [-0.1, -0.05) is 48.4 Å². The lowest BCUT2D eigenvalue weighted by Crippen LogP contribution is -2.32. The van der Waals surface area contributed by atoms with Gasteiger partial charge in [0.15, 0.2) is 0 Å². The van der Waals surface area contributed by atoms with E-state index in [0.717, 1.165) is 11.1 Å². The molecule has 126 valence electrons. The fourth-order valence-corrected chi connectivity index (χ4v) is 3.60. The number of benzene rings is 2. The smallest absolute Gasteiger partial charge is 0.337 e. The molecule has 3 nitrogen and oxygen atoms in total. The summed E-state index contributed by atoms with van der Waals surface area (Å²) in [5.74, 6) is -1.00. The first kappa shape index (κ1) is 17.0. The van der Waals surface area contributed by atoms with Crippen molar-refractivity contribution in [1.82, 2.24) is 4.90 Å². The number of carboxylic acid groups (broad SMARTS) is 1. The Balaban J connectivity index is 1.79. The van der Waals surface area contributed by atoms with E-state index in [1.807, 2.05) is 0 Å². The zero-order valence-corrected chi connectivity index (χ0v) is 14.6. The van der Waals surface area contributed by atoms with Crippen LogP contribution < -0.4 is 0 Å². The molecule has 0 saturated carbocycles. The molecule has 0 spiro atoms. The number of hydrogen-bond donors (Lipinski definition) is 1. The van der Waals surface area contributed by atoms with Crippen molar-refractivity contribution in [2.75, 3.05) is 13.1 Å². The van der Waals surface area contributed by atoms with Crippen LogP contribution in [0.4, 0.5) is 0 Å². The minimum Gasteiger partial charge on any atom is -0.478 e. The summed E-state index contributed by atoms with van der Waals surface area (Å²) < 4.78 is 0. The molecule has 0 unspecified atom stereocenters. The molecule has 3 rings (SSSR count). The van der Waals surface area contributed by atoms with Crippen LogP contribution in [0.3, 0.4) is 0 Å². The van der Waals surface area contributed by atoms with E-state index >= 15 is 0 Å². The SMILES string of the molecule is C[C@@H](c1ccc(-c2ccc(C(=O)O)c(Cl)c2)cc1)N1CCCCC1. The van der Waals surface area contributed by atoms with Crippen LogP contribution in [-0.4, -0.2) is 29.1 Å². The highest BCUT2D eigenvalue weighted by atomic mass is 35.5. The largest absolute Gasteiger partial charge is 0.478 e. The van der Waals surface area contributed by atoms with Crippen molar-refractivity contribution < 1.29 is 9.90 Å². The zero-order chi connectivity index (χ0) is 17.1. The standard InChI is InChI=1S/C20H22ClNO2/c1-14(22-11-3-2-4-12-22)15-5-7-16(8-6-15)17-9-10-18(20(23)24)19(21)13-17/h5-10,13-14H,2-4,11-12H2,1H3,(H,23,24)/t14-/m0/s1. The maximum atomic E-state index is 11.1. The van der Waals surface area contributed by atoms with Crippen molar-refractivity contribution in [1.29, 1.82) is 0 Å².